The second-order valence-corrected chi connectivity index (χ2v) is 4.40. The lowest BCUT2D eigenvalue weighted by atomic mass is 10.1. The van der Waals surface area contributed by atoms with E-state index in [0.717, 1.165) is 22.8 Å². The van der Waals surface area contributed by atoms with Gasteiger partial charge in [0.05, 0.1) is 0 Å². The van der Waals surface area contributed by atoms with Gasteiger partial charge in [-0.3, -0.25) is 0 Å². The monoisotopic (exact) mass is 253 g/mol. The predicted molar refractivity (Wildman–Crippen MR) is 67.0 cm³/mol. The molecule has 0 fully saturated rings. The minimum atomic E-state index is 0.217. The fourth-order valence-electron chi connectivity index (χ4n) is 1.67. The Morgan fingerprint density at radius 1 is 1.28 bits per heavy atom. The molecule has 0 atom stereocenters. The minimum absolute atomic E-state index is 0.217. The quantitative estimate of drug-likeness (QED) is 0.785. The highest BCUT2D eigenvalue weighted by Crippen LogP contribution is 2.38. The van der Waals surface area contributed by atoms with E-state index in [0.29, 0.717) is 12.6 Å². The summed E-state index contributed by atoms with van der Waals surface area (Å²) in [6.45, 7) is 5.40. The highest BCUT2D eigenvalue weighted by molar-refractivity contribution is 5.51. The molecule has 0 bridgehead atoms. The smallest absolute Gasteiger partial charge is 0.231 e. The predicted octanol–water partition coefficient (Wildman–Crippen LogP) is 1.90. The van der Waals surface area contributed by atoms with Crippen molar-refractivity contribution in [1.82, 2.24) is 5.32 Å². The largest absolute Gasteiger partial charge is 0.467 e. The van der Waals surface area contributed by atoms with E-state index >= 15 is 0 Å². The zero-order chi connectivity index (χ0) is 13.0. The summed E-state index contributed by atoms with van der Waals surface area (Å²) in [5, 5.41) is 3.35. The van der Waals surface area contributed by atoms with E-state index in [1.165, 1.54) is 0 Å². The van der Waals surface area contributed by atoms with Crippen LogP contribution >= 0.6 is 0 Å². The van der Waals surface area contributed by atoms with Crippen LogP contribution in [-0.2, 0) is 11.3 Å². The van der Waals surface area contributed by atoms with Crippen LogP contribution in [0.25, 0.3) is 0 Å². The van der Waals surface area contributed by atoms with Crippen LogP contribution in [0.3, 0.4) is 0 Å². The van der Waals surface area contributed by atoms with E-state index < -0.39 is 0 Å². The Kier molecular flexibility index (Phi) is 4.28. The zero-order valence-corrected chi connectivity index (χ0v) is 11.0. The van der Waals surface area contributed by atoms with E-state index in [1.54, 1.807) is 7.11 Å². The molecule has 0 aromatic heterocycles. The normalized spacial score (nSPS) is 13.1. The summed E-state index contributed by atoms with van der Waals surface area (Å²) < 4.78 is 21.2. The third-order valence-corrected chi connectivity index (χ3v) is 2.59. The molecule has 5 nitrogen and oxygen atoms in total. The van der Waals surface area contributed by atoms with Gasteiger partial charge in [-0.05, 0) is 6.07 Å². The van der Waals surface area contributed by atoms with Crippen molar-refractivity contribution in [2.45, 2.75) is 26.4 Å². The van der Waals surface area contributed by atoms with Crippen LogP contribution in [0.2, 0.25) is 0 Å². The van der Waals surface area contributed by atoms with Gasteiger partial charge in [0.15, 0.2) is 18.3 Å². The van der Waals surface area contributed by atoms with E-state index in [-0.39, 0.29) is 13.6 Å². The van der Waals surface area contributed by atoms with Gasteiger partial charge >= 0.3 is 0 Å². The lowest BCUT2D eigenvalue weighted by Gasteiger charge is -2.14. The second kappa shape index (κ2) is 5.93. The topological polar surface area (TPSA) is 49.0 Å². The first kappa shape index (κ1) is 13.0. The molecule has 1 aromatic carbocycles. The van der Waals surface area contributed by atoms with Crippen LogP contribution in [-0.4, -0.2) is 26.7 Å². The molecule has 18 heavy (non-hydrogen) atoms. The molecule has 0 radical (unpaired) electrons. The number of hydrogen-bond acceptors (Lipinski definition) is 5. The van der Waals surface area contributed by atoms with Gasteiger partial charge in [0.1, 0.15) is 5.75 Å². The van der Waals surface area contributed by atoms with Gasteiger partial charge in [-0.1, -0.05) is 13.8 Å². The first-order valence-corrected chi connectivity index (χ1v) is 5.98. The summed E-state index contributed by atoms with van der Waals surface area (Å²) in [4.78, 5) is 0. The molecule has 1 aliphatic rings. The maximum Gasteiger partial charge on any atom is 0.231 e. The average Bonchev–Trinajstić information content (AvgIpc) is 2.79. The van der Waals surface area contributed by atoms with Gasteiger partial charge in [-0.25, -0.2) is 0 Å². The molecule has 0 aliphatic carbocycles. The van der Waals surface area contributed by atoms with Crippen molar-refractivity contribution in [2.24, 2.45) is 0 Å². The molecule has 0 amide bonds. The number of nitrogens with one attached hydrogen (secondary N) is 1. The molecular weight excluding hydrogens is 234 g/mol. The van der Waals surface area contributed by atoms with Crippen molar-refractivity contribution >= 4 is 0 Å². The molecule has 0 spiro atoms. The summed E-state index contributed by atoms with van der Waals surface area (Å²) >= 11 is 0. The average molecular weight is 253 g/mol. The Morgan fingerprint density at radius 2 is 2.00 bits per heavy atom. The number of fused-ring (bicyclic) bond motifs is 1. The molecule has 2 rings (SSSR count). The number of ether oxygens (including phenoxy) is 4. The number of hydrogen-bond donors (Lipinski definition) is 1. The Hall–Kier alpha value is -1.46. The van der Waals surface area contributed by atoms with Crippen LogP contribution < -0.4 is 19.5 Å². The molecule has 0 saturated carbocycles. The molecule has 5 heteroatoms. The third-order valence-electron chi connectivity index (χ3n) is 2.59. The Balaban J connectivity index is 2.17. The maximum absolute atomic E-state index is 5.55. The molecule has 1 aromatic rings. The SMILES string of the molecule is COCOc1cc2c(cc1CNC(C)C)OCO2. The first-order chi connectivity index (χ1) is 8.70. The van der Waals surface area contributed by atoms with Crippen LogP contribution in [0.15, 0.2) is 12.1 Å². The third kappa shape index (κ3) is 3.05. The lowest BCUT2D eigenvalue weighted by Crippen LogP contribution is -2.22. The van der Waals surface area contributed by atoms with Gasteiger partial charge in [0, 0.05) is 31.3 Å². The lowest BCUT2D eigenvalue weighted by molar-refractivity contribution is 0.0502. The van der Waals surface area contributed by atoms with Gasteiger partial charge in [0.25, 0.3) is 0 Å². The molecule has 1 aliphatic heterocycles. The van der Waals surface area contributed by atoms with Crippen molar-refractivity contribution in [3.05, 3.63) is 17.7 Å². The van der Waals surface area contributed by atoms with Crippen molar-refractivity contribution in [2.75, 3.05) is 20.7 Å². The van der Waals surface area contributed by atoms with E-state index in [4.69, 9.17) is 18.9 Å². The van der Waals surface area contributed by atoms with Gasteiger partial charge in [-0.15, -0.1) is 0 Å². The molecule has 0 saturated heterocycles. The number of benzene rings is 1. The zero-order valence-electron chi connectivity index (χ0n) is 11.0. The standard InChI is InChI=1S/C13H19NO4/c1-9(2)14-6-10-4-12-13(18-8-17-12)5-11(10)16-7-15-3/h4-5,9,14H,6-8H2,1-3H3. The van der Waals surface area contributed by atoms with Crippen LogP contribution in [0.4, 0.5) is 0 Å². The second-order valence-electron chi connectivity index (χ2n) is 4.40. The Labute approximate surface area is 107 Å². The van der Waals surface area contributed by atoms with Crippen LogP contribution in [0.5, 0.6) is 17.2 Å². The summed E-state index contributed by atoms with van der Waals surface area (Å²) in [7, 11) is 1.60. The van der Waals surface area contributed by atoms with Crippen molar-refractivity contribution < 1.29 is 18.9 Å². The molecule has 100 valence electrons. The highest BCUT2D eigenvalue weighted by Gasteiger charge is 2.18. The number of methoxy groups -OCH3 is 1. The van der Waals surface area contributed by atoms with Crippen LogP contribution in [0, 0.1) is 0 Å². The van der Waals surface area contributed by atoms with Gasteiger partial charge in [-0.2, -0.15) is 0 Å². The fraction of sp³-hybridized carbons (Fsp3) is 0.538. The molecule has 0 unspecified atom stereocenters. The molecule has 1 heterocycles. The summed E-state index contributed by atoms with van der Waals surface area (Å²) in [5.74, 6) is 2.24. The molecule has 1 N–H and O–H groups in total. The number of rotatable bonds is 6. The van der Waals surface area contributed by atoms with E-state index in [9.17, 15) is 0 Å². The van der Waals surface area contributed by atoms with Crippen molar-refractivity contribution in [3.8, 4) is 17.2 Å². The van der Waals surface area contributed by atoms with Gasteiger partial charge in [0.2, 0.25) is 6.79 Å². The first-order valence-electron chi connectivity index (χ1n) is 5.98. The Bertz CT molecular complexity index is 406. The summed E-state index contributed by atoms with van der Waals surface area (Å²) in [6, 6.07) is 4.20. The highest BCUT2D eigenvalue weighted by atomic mass is 16.7. The van der Waals surface area contributed by atoms with Crippen molar-refractivity contribution in [1.29, 1.82) is 0 Å². The van der Waals surface area contributed by atoms with Gasteiger partial charge < -0.3 is 24.3 Å². The fourth-order valence-corrected chi connectivity index (χ4v) is 1.67. The van der Waals surface area contributed by atoms with Crippen molar-refractivity contribution in [3.63, 3.8) is 0 Å². The molecular formula is C13H19NO4. The summed E-state index contributed by atoms with van der Waals surface area (Å²) in [5.41, 5.74) is 1.03. The minimum Gasteiger partial charge on any atom is -0.467 e. The van der Waals surface area contributed by atoms with E-state index in [1.807, 2.05) is 12.1 Å². The van der Waals surface area contributed by atoms with E-state index in [2.05, 4.69) is 19.2 Å². The van der Waals surface area contributed by atoms with Crippen LogP contribution in [0.1, 0.15) is 19.4 Å². The maximum atomic E-state index is 5.55. The Morgan fingerprint density at radius 3 is 2.67 bits per heavy atom. The summed E-state index contributed by atoms with van der Waals surface area (Å²) in [6.07, 6.45) is 0.